The first-order valence-corrected chi connectivity index (χ1v) is 17.1. The molecular formula is C35H60O6. The van der Waals surface area contributed by atoms with Gasteiger partial charge in [0.25, 0.3) is 0 Å². The van der Waals surface area contributed by atoms with Crippen LogP contribution in [0, 0.1) is 52.3 Å². The Balaban J connectivity index is 1.24. The maximum atomic E-state index is 10.5. The molecule has 0 spiro atoms. The average molecular weight is 577 g/mol. The molecule has 0 radical (unpaired) electrons. The lowest BCUT2D eigenvalue weighted by molar-refractivity contribution is -0.313. The van der Waals surface area contributed by atoms with Crippen LogP contribution < -0.4 is 0 Å². The highest BCUT2D eigenvalue weighted by molar-refractivity contribution is 5.25. The number of ether oxygens (including phenoxy) is 2. The van der Waals surface area contributed by atoms with Gasteiger partial charge in [-0.15, -0.1) is 0 Å². The summed E-state index contributed by atoms with van der Waals surface area (Å²) >= 11 is 0. The second kappa shape index (κ2) is 12.5. The number of rotatable bonds is 9. The Morgan fingerprint density at radius 1 is 0.951 bits per heavy atom. The van der Waals surface area contributed by atoms with Gasteiger partial charge in [0.05, 0.1) is 12.7 Å². The number of hydrogen-bond donors (Lipinski definition) is 4. The van der Waals surface area contributed by atoms with E-state index in [1.54, 1.807) is 0 Å². The van der Waals surface area contributed by atoms with Gasteiger partial charge in [0.15, 0.2) is 6.29 Å². The first kappa shape index (κ1) is 31.9. The van der Waals surface area contributed by atoms with E-state index in [-0.39, 0.29) is 11.5 Å². The molecule has 0 aromatic heterocycles. The fourth-order valence-electron chi connectivity index (χ4n) is 10.8. The largest absolute Gasteiger partial charge is 0.394 e. The minimum Gasteiger partial charge on any atom is -0.394 e. The van der Waals surface area contributed by atoms with Crippen LogP contribution >= 0.6 is 0 Å². The molecule has 3 saturated carbocycles. The van der Waals surface area contributed by atoms with E-state index >= 15 is 0 Å². The van der Waals surface area contributed by atoms with Gasteiger partial charge in [0.2, 0.25) is 0 Å². The number of aliphatic hydroxyl groups excluding tert-OH is 4. The zero-order valence-corrected chi connectivity index (χ0v) is 26.7. The maximum Gasteiger partial charge on any atom is 0.186 e. The zero-order valence-electron chi connectivity index (χ0n) is 26.7. The Labute approximate surface area is 249 Å². The molecule has 0 amide bonds. The summed E-state index contributed by atoms with van der Waals surface area (Å²) in [4.78, 5) is 0. The molecule has 6 nitrogen and oxygen atoms in total. The first-order valence-electron chi connectivity index (χ1n) is 17.1. The highest BCUT2D eigenvalue weighted by atomic mass is 16.7. The number of aliphatic hydroxyl groups is 4. The van der Waals surface area contributed by atoms with Gasteiger partial charge < -0.3 is 29.9 Å². The Morgan fingerprint density at radius 3 is 2.39 bits per heavy atom. The van der Waals surface area contributed by atoms with E-state index in [0.29, 0.717) is 5.41 Å². The Bertz CT molecular complexity index is 918. The smallest absolute Gasteiger partial charge is 0.186 e. The SMILES string of the molecule is CC[C@@H](CC[C@@H](C)[C@@H]1CC[C@H]2[C@H]3CC=C4C[C@@H](O[C@H]5O[C@@H](CO)[C@H](O)[C@@H](O)[C@@H]5O)CC[C@]4(C)[C@@H]3CC[C@]21C)C(C)C. The van der Waals surface area contributed by atoms with Gasteiger partial charge in [0, 0.05) is 0 Å². The van der Waals surface area contributed by atoms with Crippen molar-refractivity contribution in [3.05, 3.63) is 11.6 Å². The highest BCUT2D eigenvalue weighted by Crippen LogP contribution is 2.67. The van der Waals surface area contributed by atoms with Crippen LogP contribution in [-0.2, 0) is 9.47 Å². The Hall–Kier alpha value is -0.500. The lowest BCUT2D eigenvalue weighted by atomic mass is 9.47. The summed E-state index contributed by atoms with van der Waals surface area (Å²) in [5.74, 6) is 5.66. The van der Waals surface area contributed by atoms with Crippen molar-refractivity contribution >= 4 is 0 Å². The molecule has 4 aliphatic carbocycles. The van der Waals surface area contributed by atoms with E-state index in [4.69, 9.17) is 9.47 Å². The molecule has 5 aliphatic rings. The Morgan fingerprint density at radius 2 is 1.71 bits per heavy atom. The van der Waals surface area contributed by atoms with E-state index in [1.165, 1.54) is 56.9 Å². The number of fused-ring (bicyclic) bond motifs is 5. The topological polar surface area (TPSA) is 99.4 Å². The molecule has 6 heteroatoms. The number of hydrogen-bond acceptors (Lipinski definition) is 6. The molecule has 4 N–H and O–H groups in total. The molecular weight excluding hydrogens is 516 g/mol. The van der Waals surface area contributed by atoms with Gasteiger partial charge >= 0.3 is 0 Å². The molecule has 0 aromatic rings. The molecule has 5 rings (SSSR count). The van der Waals surface area contributed by atoms with Crippen LogP contribution in [0.3, 0.4) is 0 Å². The van der Waals surface area contributed by atoms with Gasteiger partial charge in [-0.05, 0) is 110 Å². The molecule has 41 heavy (non-hydrogen) atoms. The van der Waals surface area contributed by atoms with E-state index in [1.807, 2.05) is 0 Å². The summed E-state index contributed by atoms with van der Waals surface area (Å²) in [6.45, 7) is 14.5. The van der Waals surface area contributed by atoms with Gasteiger partial charge in [-0.2, -0.15) is 0 Å². The molecule has 0 unspecified atom stereocenters. The third-order valence-corrected chi connectivity index (χ3v) is 13.5. The number of allylic oxidation sites excluding steroid dienone is 1. The van der Waals surface area contributed by atoms with Crippen LogP contribution in [0.4, 0.5) is 0 Å². The standard InChI is InChI=1S/C35H60O6/c1-7-22(20(2)3)9-8-21(4)26-12-13-27-25-11-10-23-18-24(14-16-34(23,5)28(25)15-17-35(26,27)6)40-33-32(39)31(38)30(37)29(19-36)41-33/h10,20-22,24-33,36-39H,7-9,11-19H2,1-6H3/t21-,22+,24+,25-,26+,27+,28-,29+,30+,31-,32+,33+,34+,35+/m1/s1. The van der Waals surface area contributed by atoms with Crippen molar-refractivity contribution in [2.45, 2.75) is 149 Å². The van der Waals surface area contributed by atoms with Crippen molar-refractivity contribution in [1.29, 1.82) is 0 Å². The highest BCUT2D eigenvalue weighted by Gasteiger charge is 2.59. The minimum atomic E-state index is -1.40. The van der Waals surface area contributed by atoms with Gasteiger partial charge in [0.1, 0.15) is 24.4 Å². The zero-order chi connectivity index (χ0) is 29.7. The van der Waals surface area contributed by atoms with Crippen LogP contribution in [0.15, 0.2) is 11.6 Å². The van der Waals surface area contributed by atoms with E-state index in [2.05, 4.69) is 47.6 Å². The lowest BCUT2D eigenvalue weighted by Crippen LogP contribution is -2.60. The normalized spacial score (nSPS) is 47.7. The van der Waals surface area contributed by atoms with Crippen LogP contribution in [0.5, 0.6) is 0 Å². The molecule has 4 fully saturated rings. The molecule has 236 valence electrons. The minimum absolute atomic E-state index is 0.101. The van der Waals surface area contributed by atoms with Crippen molar-refractivity contribution in [2.75, 3.05) is 6.61 Å². The van der Waals surface area contributed by atoms with Crippen molar-refractivity contribution < 1.29 is 29.9 Å². The fraction of sp³-hybridized carbons (Fsp3) is 0.943. The third kappa shape index (κ3) is 5.73. The van der Waals surface area contributed by atoms with Gasteiger partial charge in [-0.1, -0.05) is 66.0 Å². The first-order chi connectivity index (χ1) is 19.4. The lowest BCUT2D eigenvalue weighted by Gasteiger charge is -2.58. The second-order valence-electron chi connectivity index (χ2n) is 15.7. The predicted octanol–water partition coefficient (Wildman–Crippen LogP) is 5.85. The van der Waals surface area contributed by atoms with Crippen LogP contribution in [0.2, 0.25) is 0 Å². The monoisotopic (exact) mass is 576 g/mol. The van der Waals surface area contributed by atoms with Crippen molar-refractivity contribution in [3.63, 3.8) is 0 Å². The summed E-state index contributed by atoms with van der Waals surface area (Å²) in [6.07, 6.45) is 9.92. The summed E-state index contributed by atoms with van der Waals surface area (Å²) in [7, 11) is 0. The molecule has 14 atom stereocenters. The molecule has 0 bridgehead atoms. The second-order valence-corrected chi connectivity index (χ2v) is 15.7. The fourth-order valence-corrected chi connectivity index (χ4v) is 10.8. The van der Waals surface area contributed by atoms with E-state index in [9.17, 15) is 20.4 Å². The van der Waals surface area contributed by atoms with Crippen molar-refractivity contribution in [1.82, 2.24) is 0 Å². The molecule has 1 saturated heterocycles. The summed E-state index contributed by atoms with van der Waals surface area (Å²) in [5, 5.41) is 40.4. The van der Waals surface area contributed by atoms with Crippen molar-refractivity contribution in [3.8, 4) is 0 Å². The third-order valence-electron chi connectivity index (χ3n) is 13.5. The van der Waals surface area contributed by atoms with E-state index < -0.39 is 37.3 Å². The van der Waals surface area contributed by atoms with Crippen LogP contribution in [0.1, 0.15) is 112 Å². The summed E-state index contributed by atoms with van der Waals surface area (Å²) < 4.78 is 11.9. The van der Waals surface area contributed by atoms with Crippen LogP contribution in [0.25, 0.3) is 0 Å². The van der Waals surface area contributed by atoms with Crippen molar-refractivity contribution in [2.24, 2.45) is 52.3 Å². The average Bonchev–Trinajstić information content (AvgIpc) is 3.30. The molecule has 1 heterocycles. The Kier molecular flexibility index (Phi) is 9.71. The summed E-state index contributed by atoms with van der Waals surface area (Å²) in [6, 6.07) is 0. The van der Waals surface area contributed by atoms with E-state index in [0.717, 1.165) is 60.7 Å². The molecule has 0 aromatic carbocycles. The van der Waals surface area contributed by atoms with Gasteiger partial charge in [-0.25, -0.2) is 0 Å². The van der Waals surface area contributed by atoms with Crippen LogP contribution in [-0.4, -0.2) is 63.8 Å². The maximum absolute atomic E-state index is 10.5. The molecule has 1 aliphatic heterocycles. The van der Waals surface area contributed by atoms with Gasteiger partial charge in [-0.3, -0.25) is 0 Å². The quantitative estimate of drug-likeness (QED) is 0.257. The predicted molar refractivity (Wildman–Crippen MR) is 161 cm³/mol. The summed E-state index contributed by atoms with van der Waals surface area (Å²) in [5.41, 5.74) is 2.19.